The van der Waals surface area contributed by atoms with Crippen molar-refractivity contribution in [1.82, 2.24) is 0 Å². The molecule has 1 atom stereocenters. The zero-order chi connectivity index (χ0) is 13.3. The van der Waals surface area contributed by atoms with Crippen LogP contribution in [0, 0.1) is 24.4 Å². The third-order valence-corrected chi connectivity index (χ3v) is 2.78. The molecule has 2 aromatic carbocycles. The number of rotatable bonds is 2. The van der Waals surface area contributed by atoms with Gasteiger partial charge in [-0.2, -0.15) is 0 Å². The van der Waals surface area contributed by atoms with Gasteiger partial charge in [0.25, 0.3) is 0 Å². The van der Waals surface area contributed by atoms with E-state index in [1.54, 1.807) is 6.92 Å². The molecule has 18 heavy (non-hydrogen) atoms. The van der Waals surface area contributed by atoms with Crippen LogP contribution in [0.4, 0.5) is 13.2 Å². The van der Waals surface area contributed by atoms with Crippen molar-refractivity contribution in [3.05, 3.63) is 70.5 Å². The minimum atomic E-state index is -1.53. The Balaban J connectivity index is 2.48. The first-order valence-corrected chi connectivity index (χ1v) is 5.38. The lowest BCUT2D eigenvalue weighted by atomic mass is 9.99. The number of benzene rings is 2. The topological polar surface area (TPSA) is 20.2 Å². The van der Waals surface area contributed by atoms with Crippen molar-refractivity contribution in [2.75, 3.05) is 0 Å². The summed E-state index contributed by atoms with van der Waals surface area (Å²) < 4.78 is 40.3. The molecule has 94 valence electrons. The highest BCUT2D eigenvalue weighted by Crippen LogP contribution is 2.27. The number of aryl methyl sites for hydroxylation is 1. The fraction of sp³-hybridized carbons (Fsp3) is 0.143. The number of hydrogen-bond acceptors (Lipinski definition) is 1. The average molecular weight is 252 g/mol. The van der Waals surface area contributed by atoms with Gasteiger partial charge in [-0.15, -0.1) is 0 Å². The largest absolute Gasteiger partial charge is 0.383 e. The Hall–Kier alpha value is -1.81. The summed E-state index contributed by atoms with van der Waals surface area (Å²) in [4.78, 5) is 0. The molecule has 0 amide bonds. The number of aliphatic hydroxyl groups excluding tert-OH is 1. The van der Waals surface area contributed by atoms with E-state index in [0.717, 1.165) is 18.2 Å². The van der Waals surface area contributed by atoms with Crippen molar-refractivity contribution in [3.8, 4) is 0 Å². The van der Waals surface area contributed by atoms with Crippen LogP contribution < -0.4 is 0 Å². The minimum absolute atomic E-state index is 0.113. The van der Waals surface area contributed by atoms with Crippen LogP contribution in [0.15, 0.2) is 36.4 Å². The lowest BCUT2D eigenvalue weighted by Crippen LogP contribution is -2.06. The van der Waals surface area contributed by atoms with Crippen molar-refractivity contribution >= 4 is 0 Å². The third-order valence-electron chi connectivity index (χ3n) is 2.78. The van der Waals surface area contributed by atoms with Gasteiger partial charge in [0, 0.05) is 0 Å². The predicted octanol–water partition coefficient (Wildman–Crippen LogP) is 3.49. The Labute approximate surface area is 103 Å². The standard InChI is InChI=1S/C14H11F3O/c1-8-5-6-9(7-12(8)17)14(18)13-10(15)3-2-4-11(13)16/h2-7,14,18H,1H3. The molecule has 0 spiro atoms. The molecule has 1 nitrogen and oxygen atoms in total. The molecule has 0 aliphatic carbocycles. The summed E-state index contributed by atoms with van der Waals surface area (Å²) in [6.07, 6.45) is -1.53. The van der Waals surface area contributed by atoms with Gasteiger partial charge >= 0.3 is 0 Å². The first kappa shape index (κ1) is 12.6. The van der Waals surface area contributed by atoms with Crippen molar-refractivity contribution in [2.24, 2.45) is 0 Å². The maximum absolute atomic E-state index is 13.5. The molecular weight excluding hydrogens is 241 g/mol. The second-order valence-corrected chi connectivity index (χ2v) is 4.05. The highest BCUT2D eigenvalue weighted by molar-refractivity contribution is 5.33. The number of hydrogen-bond donors (Lipinski definition) is 1. The highest BCUT2D eigenvalue weighted by atomic mass is 19.1. The summed E-state index contributed by atoms with van der Waals surface area (Å²) in [5, 5.41) is 9.92. The molecule has 0 saturated heterocycles. The highest BCUT2D eigenvalue weighted by Gasteiger charge is 2.20. The summed E-state index contributed by atoms with van der Waals surface area (Å²) in [7, 11) is 0. The van der Waals surface area contributed by atoms with Crippen molar-refractivity contribution in [2.45, 2.75) is 13.0 Å². The quantitative estimate of drug-likeness (QED) is 0.867. The molecule has 0 saturated carbocycles. The Kier molecular flexibility index (Phi) is 3.39. The first-order chi connectivity index (χ1) is 8.50. The average Bonchev–Trinajstić information content (AvgIpc) is 2.32. The third kappa shape index (κ3) is 2.24. The van der Waals surface area contributed by atoms with Crippen LogP contribution in [0.25, 0.3) is 0 Å². The van der Waals surface area contributed by atoms with E-state index >= 15 is 0 Å². The molecular formula is C14H11F3O. The molecule has 0 bridgehead atoms. The SMILES string of the molecule is Cc1ccc(C(O)c2c(F)cccc2F)cc1F. The maximum atomic E-state index is 13.5. The van der Waals surface area contributed by atoms with Gasteiger partial charge in [0.1, 0.15) is 23.6 Å². The Morgan fingerprint density at radius 1 is 0.944 bits per heavy atom. The zero-order valence-corrected chi connectivity index (χ0v) is 9.62. The zero-order valence-electron chi connectivity index (χ0n) is 9.62. The molecule has 0 heterocycles. The number of aliphatic hydroxyl groups is 1. The predicted molar refractivity (Wildman–Crippen MR) is 61.6 cm³/mol. The summed E-state index contributed by atoms with van der Waals surface area (Å²) in [5.41, 5.74) is 0.0443. The van der Waals surface area contributed by atoms with E-state index < -0.39 is 29.1 Å². The van der Waals surface area contributed by atoms with Gasteiger partial charge < -0.3 is 5.11 Å². The van der Waals surface area contributed by atoms with E-state index in [1.165, 1.54) is 18.2 Å². The van der Waals surface area contributed by atoms with Crippen LogP contribution in [0.5, 0.6) is 0 Å². The van der Waals surface area contributed by atoms with E-state index in [-0.39, 0.29) is 5.56 Å². The van der Waals surface area contributed by atoms with Gasteiger partial charge in [-0.3, -0.25) is 0 Å². The van der Waals surface area contributed by atoms with Crippen molar-refractivity contribution in [1.29, 1.82) is 0 Å². The molecule has 0 aromatic heterocycles. The molecule has 0 aliphatic rings. The fourth-order valence-corrected chi connectivity index (χ4v) is 1.72. The van der Waals surface area contributed by atoms with Crippen LogP contribution in [0.2, 0.25) is 0 Å². The summed E-state index contributed by atoms with van der Waals surface area (Å²) in [6, 6.07) is 7.27. The molecule has 4 heteroatoms. The lowest BCUT2D eigenvalue weighted by Gasteiger charge is -2.13. The van der Waals surface area contributed by atoms with E-state index in [2.05, 4.69) is 0 Å². The van der Waals surface area contributed by atoms with Crippen LogP contribution in [0.1, 0.15) is 22.8 Å². The monoisotopic (exact) mass is 252 g/mol. The Morgan fingerprint density at radius 3 is 2.11 bits per heavy atom. The summed E-state index contributed by atoms with van der Waals surface area (Å²) >= 11 is 0. The summed E-state index contributed by atoms with van der Waals surface area (Å²) in [5.74, 6) is -2.24. The second kappa shape index (κ2) is 4.82. The van der Waals surface area contributed by atoms with E-state index in [0.29, 0.717) is 5.56 Å². The maximum Gasteiger partial charge on any atom is 0.132 e. The minimum Gasteiger partial charge on any atom is -0.383 e. The second-order valence-electron chi connectivity index (χ2n) is 4.05. The van der Waals surface area contributed by atoms with Gasteiger partial charge in [-0.1, -0.05) is 18.2 Å². The van der Waals surface area contributed by atoms with Gasteiger partial charge in [0.15, 0.2) is 0 Å². The van der Waals surface area contributed by atoms with Gasteiger partial charge in [0.05, 0.1) is 5.56 Å². The van der Waals surface area contributed by atoms with Crippen molar-refractivity contribution < 1.29 is 18.3 Å². The molecule has 0 fully saturated rings. The molecule has 0 radical (unpaired) electrons. The van der Waals surface area contributed by atoms with Crippen LogP contribution in [0.3, 0.4) is 0 Å². The van der Waals surface area contributed by atoms with Gasteiger partial charge in [-0.25, -0.2) is 13.2 Å². The fourth-order valence-electron chi connectivity index (χ4n) is 1.72. The van der Waals surface area contributed by atoms with Crippen molar-refractivity contribution in [3.63, 3.8) is 0 Å². The molecule has 0 aliphatic heterocycles. The molecule has 2 rings (SSSR count). The number of halogens is 3. The molecule has 1 N–H and O–H groups in total. The van der Waals surface area contributed by atoms with Gasteiger partial charge in [-0.05, 0) is 36.2 Å². The van der Waals surface area contributed by atoms with Crippen LogP contribution in [-0.4, -0.2) is 5.11 Å². The smallest absolute Gasteiger partial charge is 0.132 e. The van der Waals surface area contributed by atoms with E-state index in [1.807, 2.05) is 0 Å². The van der Waals surface area contributed by atoms with Crippen LogP contribution in [-0.2, 0) is 0 Å². The first-order valence-electron chi connectivity index (χ1n) is 5.38. The Bertz CT molecular complexity index is 561. The normalized spacial score (nSPS) is 12.5. The molecule has 1 unspecified atom stereocenters. The summed E-state index contributed by atoms with van der Waals surface area (Å²) in [6.45, 7) is 1.56. The Morgan fingerprint density at radius 2 is 1.56 bits per heavy atom. The van der Waals surface area contributed by atoms with Gasteiger partial charge in [0.2, 0.25) is 0 Å². The van der Waals surface area contributed by atoms with E-state index in [4.69, 9.17) is 0 Å². The van der Waals surface area contributed by atoms with E-state index in [9.17, 15) is 18.3 Å². The van der Waals surface area contributed by atoms with Crippen LogP contribution >= 0.6 is 0 Å². The lowest BCUT2D eigenvalue weighted by molar-refractivity contribution is 0.208. The molecule has 2 aromatic rings.